The van der Waals surface area contributed by atoms with Crippen LogP contribution in [0.5, 0.6) is 0 Å². The molecule has 0 aliphatic rings. The van der Waals surface area contributed by atoms with Gasteiger partial charge in [-0.15, -0.1) is 6.58 Å². The van der Waals surface area contributed by atoms with Crippen molar-refractivity contribution >= 4 is 16.0 Å². The average molecular weight is 249 g/mol. The minimum Gasteiger partial charge on any atom is -0.469 e. The first-order valence-corrected chi connectivity index (χ1v) is 6.82. The summed E-state index contributed by atoms with van der Waals surface area (Å²) in [5.41, 5.74) is 0. The number of carbonyl (C=O) groups excluding carboxylic acids is 1. The summed E-state index contributed by atoms with van der Waals surface area (Å²) < 4.78 is 29.3. The van der Waals surface area contributed by atoms with Gasteiger partial charge in [-0.1, -0.05) is 12.5 Å². The molecule has 0 saturated carbocycles. The van der Waals surface area contributed by atoms with Gasteiger partial charge in [0.1, 0.15) is 0 Å². The predicted molar refractivity (Wildman–Crippen MR) is 62.5 cm³/mol. The number of ether oxygens (including phenoxy) is 1. The molecular weight excluding hydrogens is 230 g/mol. The second kappa shape index (κ2) is 8.29. The van der Waals surface area contributed by atoms with Crippen LogP contribution in [0.2, 0.25) is 0 Å². The van der Waals surface area contributed by atoms with E-state index in [1.54, 1.807) is 0 Å². The molecule has 16 heavy (non-hydrogen) atoms. The Kier molecular flexibility index (Phi) is 7.84. The first kappa shape index (κ1) is 15.1. The molecule has 0 aromatic rings. The summed E-state index contributed by atoms with van der Waals surface area (Å²) in [4.78, 5) is 10.7. The summed E-state index contributed by atoms with van der Waals surface area (Å²) in [5.74, 6) is -0.290. The summed E-state index contributed by atoms with van der Waals surface area (Å²) in [6.07, 6.45) is 3.96. The van der Waals surface area contributed by atoms with Crippen LogP contribution in [0.25, 0.3) is 0 Å². The first-order chi connectivity index (χ1) is 7.52. The number of sulfonamides is 1. The van der Waals surface area contributed by atoms with E-state index in [2.05, 4.69) is 16.0 Å². The molecule has 0 aromatic heterocycles. The van der Waals surface area contributed by atoms with E-state index in [1.807, 2.05) is 0 Å². The molecule has 0 aromatic carbocycles. The van der Waals surface area contributed by atoms with E-state index in [4.69, 9.17) is 0 Å². The highest BCUT2D eigenvalue weighted by molar-refractivity contribution is 7.89. The Morgan fingerprint density at radius 1 is 1.38 bits per heavy atom. The van der Waals surface area contributed by atoms with Crippen LogP contribution < -0.4 is 4.72 Å². The van der Waals surface area contributed by atoms with Gasteiger partial charge in [0.25, 0.3) is 0 Å². The second-order valence-corrected chi connectivity index (χ2v) is 5.20. The van der Waals surface area contributed by atoms with Gasteiger partial charge in [-0.3, -0.25) is 4.79 Å². The molecular formula is C10H19NO4S. The minimum absolute atomic E-state index is 0.0604. The quantitative estimate of drug-likeness (QED) is 0.373. The topological polar surface area (TPSA) is 72.5 Å². The van der Waals surface area contributed by atoms with Crippen molar-refractivity contribution in [3.8, 4) is 0 Å². The van der Waals surface area contributed by atoms with Gasteiger partial charge in [0.05, 0.1) is 12.9 Å². The summed E-state index contributed by atoms with van der Waals surface area (Å²) in [6.45, 7) is 3.76. The molecule has 0 atom stereocenters. The lowest BCUT2D eigenvalue weighted by Gasteiger charge is -2.04. The van der Waals surface area contributed by atoms with E-state index in [1.165, 1.54) is 13.2 Å². The zero-order valence-electron chi connectivity index (χ0n) is 9.57. The van der Waals surface area contributed by atoms with Gasteiger partial charge in [-0.05, 0) is 12.8 Å². The summed E-state index contributed by atoms with van der Waals surface area (Å²) in [7, 11) is -1.85. The van der Waals surface area contributed by atoms with E-state index >= 15 is 0 Å². The van der Waals surface area contributed by atoms with Crippen LogP contribution in [0.3, 0.4) is 0 Å². The molecule has 0 saturated heterocycles. The monoisotopic (exact) mass is 249 g/mol. The first-order valence-electron chi connectivity index (χ1n) is 5.17. The van der Waals surface area contributed by atoms with Crippen LogP contribution >= 0.6 is 0 Å². The van der Waals surface area contributed by atoms with Crippen LogP contribution in [-0.2, 0) is 19.6 Å². The van der Waals surface area contributed by atoms with E-state index in [0.29, 0.717) is 19.4 Å². The van der Waals surface area contributed by atoms with Crippen molar-refractivity contribution in [3.05, 3.63) is 12.7 Å². The SMILES string of the molecule is C=CCS(=O)(=O)NCCCCCC(=O)OC. The van der Waals surface area contributed by atoms with Crippen LogP contribution in [0.15, 0.2) is 12.7 Å². The number of carbonyl (C=O) groups is 1. The molecule has 5 nitrogen and oxygen atoms in total. The lowest BCUT2D eigenvalue weighted by Crippen LogP contribution is -2.26. The van der Waals surface area contributed by atoms with Gasteiger partial charge < -0.3 is 4.74 Å². The van der Waals surface area contributed by atoms with Crippen molar-refractivity contribution in [1.82, 2.24) is 4.72 Å². The standard InChI is InChI=1S/C10H19NO4S/c1-3-9-16(13,14)11-8-6-4-5-7-10(12)15-2/h3,11H,1,4-9H2,2H3. The maximum absolute atomic E-state index is 11.2. The maximum Gasteiger partial charge on any atom is 0.305 e. The van der Waals surface area contributed by atoms with Crippen LogP contribution in [0.4, 0.5) is 0 Å². The summed E-state index contributed by atoms with van der Waals surface area (Å²) in [6, 6.07) is 0. The lowest BCUT2D eigenvalue weighted by molar-refractivity contribution is -0.140. The minimum atomic E-state index is -3.20. The number of unbranched alkanes of at least 4 members (excludes halogenated alkanes) is 2. The van der Waals surface area contributed by atoms with Gasteiger partial charge in [-0.2, -0.15) is 0 Å². The molecule has 0 bridgehead atoms. The number of esters is 1. The van der Waals surface area contributed by atoms with E-state index < -0.39 is 10.0 Å². The fourth-order valence-corrected chi connectivity index (χ4v) is 2.00. The molecule has 6 heteroatoms. The van der Waals surface area contributed by atoms with E-state index in [0.717, 1.165) is 12.8 Å². The van der Waals surface area contributed by atoms with Gasteiger partial charge in [-0.25, -0.2) is 13.1 Å². The van der Waals surface area contributed by atoms with Crippen molar-refractivity contribution in [2.75, 3.05) is 19.4 Å². The Morgan fingerprint density at radius 2 is 2.06 bits per heavy atom. The Balaban J connectivity index is 3.47. The maximum atomic E-state index is 11.2. The third kappa shape index (κ3) is 8.43. The van der Waals surface area contributed by atoms with Crippen molar-refractivity contribution < 1.29 is 17.9 Å². The molecule has 0 spiro atoms. The molecule has 0 aliphatic carbocycles. The summed E-state index contributed by atoms with van der Waals surface area (Å²) in [5, 5.41) is 0. The van der Waals surface area contributed by atoms with Crippen LogP contribution in [0.1, 0.15) is 25.7 Å². The number of hydrogen-bond acceptors (Lipinski definition) is 4. The largest absolute Gasteiger partial charge is 0.469 e. The molecule has 94 valence electrons. The average Bonchev–Trinajstić information content (AvgIpc) is 2.22. The second-order valence-electron chi connectivity index (χ2n) is 3.35. The highest BCUT2D eigenvalue weighted by atomic mass is 32.2. The van der Waals surface area contributed by atoms with Crippen molar-refractivity contribution in [2.45, 2.75) is 25.7 Å². The van der Waals surface area contributed by atoms with Crippen LogP contribution in [0, 0.1) is 0 Å². The van der Waals surface area contributed by atoms with Gasteiger partial charge in [0.15, 0.2) is 0 Å². The highest BCUT2D eigenvalue weighted by Gasteiger charge is 2.05. The van der Waals surface area contributed by atoms with Crippen molar-refractivity contribution in [1.29, 1.82) is 0 Å². The Hall–Kier alpha value is -0.880. The van der Waals surface area contributed by atoms with Gasteiger partial charge >= 0.3 is 5.97 Å². The molecule has 0 unspecified atom stereocenters. The smallest absolute Gasteiger partial charge is 0.305 e. The molecule has 0 amide bonds. The zero-order valence-corrected chi connectivity index (χ0v) is 10.4. The molecule has 0 heterocycles. The molecule has 0 aliphatic heterocycles. The van der Waals surface area contributed by atoms with Gasteiger partial charge in [0.2, 0.25) is 10.0 Å². The van der Waals surface area contributed by atoms with Gasteiger partial charge in [0, 0.05) is 13.0 Å². The van der Waals surface area contributed by atoms with Crippen LogP contribution in [-0.4, -0.2) is 33.8 Å². The normalized spacial score (nSPS) is 11.1. The molecule has 0 rings (SSSR count). The fourth-order valence-electron chi connectivity index (χ4n) is 1.11. The predicted octanol–water partition coefficient (Wildman–Crippen LogP) is 0.825. The molecule has 0 radical (unpaired) electrons. The summed E-state index contributed by atoms with van der Waals surface area (Å²) >= 11 is 0. The Bertz CT molecular complexity index is 311. The highest BCUT2D eigenvalue weighted by Crippen LogP contribution is 2.00. The lowest BCUT2D eigenvalue weighted by atomic mass is 10.2. The third-order valence-corrected chi connectivity index (χ3v) is 3.26. The Labute approximate surface area is 96.9 Å². The third-order valence-electron chi connectivity index (χ3n) is 1.94. The van der Waals surface area contributed by atoms with Crippen molar-refractivity contribution in [3.63, 3.8) is 0 Å². The molecule has 1 N–H and O–H groups in total. The number of hydrogen-bond donors (Lipinski definition) is 1. The van der Waals surface area contributed by atoms with E-state index in [-0.39, 0.29) is 11.7 Å². The zero-order chi connectivity index (χ0) is 12.4. The fraction of sp³-hybridized carbons (Fsp3) is 0.700. The number of rotatable bonds is 9. The number of nitrogens with one attached hydrogen (secondary N) is 1. The number of methoxy groups -OCH3 is 1. The van der Waals surface area contributed by atoms with E-state index in [9.17, 15) is 13.2 Å². The van der Waals surface area contributed by atoms with Crippen molar-refractivity contribution in [2.24, 2.45) is 0 Å². The Morgan fingerprint density at radius 3 is 2.62 bits per heavy atom. The molecule has 0 fully saturated rings.